The highest BCUT2D eigenvalue weighted by Crippen LogP contribution is 2.27. The van der Waals surface area contributed by atoms with Gasteiger partial charge in [0.05, 0.1) is 0 Å². The minimum Gasteiger partial charge on any atom is -0.363 e. The summed E-state index contributed by atoms with van der Waals surface area (Å²) in [5.41, 5.74) is 0.0169. The Morgan fingerprint density at radius 2 is 2.30 bits per heavy atom. The van der Waals surface area contributed by atoms with Gasteiger partial charge in [0.25, 0.3) is 5.56 Å². The normalized spacial score (nSPS) is 26.4. The molecular weight excluding hydrogens is 252 g/mol. The van der Waals surface area contributed by atoms with Crippen molar-refractivity contribution < 1.29 is 0 Å². The summed E-state index contributed by atoms with van der Waals surface area (Å²) in [7, 11) is 0. The summed E-state index contributed by atoms with van der Waals surface area (Å²) in [6.45, 7) is 5.25. The van der Waals surface area contributed by atoms with Crippen molar-refractivity contribution in [2.75, 3.05) is 18.4 Å². The van der Waals surface area contributed by atoms with Gasteiger partial charge in [-0.1, -0.05) is 6.92 Å². The predicted octanol–water partition coefficient (Wildman–Crippen LogP) is 1.69. The van der Waals surface area contributed by atoms with Gasteiger partial charge < -0.3 is 14.8 Å². The average molecular weight is 276 g/mol. The van der Waals surface area contributed by atoms with Gasteiger partial charge in [-0.3, -0.25) is 4.79 Å². The lowest BCUT2D eigenvalue weighted by atomic mass is 9.98. The van der Waals surface area contributed by atoms with Crippen molar-refractivity contribution in [2.24, 2.45) is 0 Å². The van der Waals surface area contributed by atoms with Crippen molar-refractivity contribution in [3.63, 3.8) is 0 Å². The molecule has 2 unspecified atom stereocenters. The molecule has 2 fully saturated rings. The summed E-state index contributed by atoms with van der Waals surface area (Å²) in [6.07, 6.45) is 9.35. The number of nitrogens with zero attached hydrogens (tertiary/aromatic N) is 3. The summed E-state index contributed by atoms with van der Waals surface area (Å²) in [5.74, 6) is 0.525. The molecule has 3 rings (SSSR count). The maximum Gasteiger partial charge on any atom is 0.293 e. The van der Waals surface area contributed by atoms with Gasteiger partial charge in [-0.25, -0.2) is 4.98 Å². The zero-order valence-corrected chi connectivity index (χ0v) is 12.2. The molecule has 0 aliphatic carbocycles. The van der Waals surface area contributed by atoms with Crippen LogP contribution < -0.4 is 10.9 Å². The van der Waals surface area contributed by atoms with Crippen LogP contribution in [0.5, 0.6) is 0 Å². The van der Waals surface area contributed by atoms with Gasteiger partial charge in [0, 0.05) is 37.6 Å². The Bertz CT molecular complexity index is 513. The molecule has 0 amide bonds. The zero-order chi connectivity index (χ0) is 13.9. The van der Waals surface area contributed by atoms with Crippen molar-refractivity contribution in [1.29, 1.82) is 0 Å². The topological polar surface area (TPSA) is 50.2 Å². The van der Waals surface area contributed by atoms with E-state index in [-0.39, 0.29) is 5.56 Å². The summed E-state index contributed by atoms with van der Waals surface area (Å²) in [5, 5.41) is 3.39. The zero-order valence-electron chi connectivity index (χ0n) is 12.2. The largest absolute Gasteiger partial charge is 0.363 e. The molecule has 2 aliphatic rings. The maximum absolute atomic E-state index is 12.3. The number of anilines is 1. The van der Waals surface area contributed by atoms with E-state index in [1.165, 1.54) is 19.4 Å². The van der Waals surface area contributed by atoms with Gasteiger partial charge in [0.15, 0.2) is 5.82 Å². The molecule has 110 valence electrons. The first kappa shape index (κ1) is 13.6. The molecule has 5 heteroatoms. The third-order valence-corrected chi connectivity index (χ3v) is 4.54. The summed E-state index contributed by atoms with van der Waals surface area (Å²) in [6, 6.07) is 1.11. The van der Waals surface area contributed by atoms with E-state index < -0.39 is 0 Å². The quantitative estimate of drug-likeness (QED) is 0.909. The van der Waals surface area contributed by atoms with E-state index in [0.717, 1.165) is 32.4 Å². The third-order valence-electron chi connectivity index (χ3n) is 4.54. The van der Waals surface area contributed by atoms with Gasteiger partial charge in [0.1, 0.15) is 0 Å². The van der Waals surface area contributed by atoms with E-state index in [4.69, 9.17) is 0 Å². The van der Waals surface area contributed by atoms with Crippen molar-refractivity contribution in [2.45, 2.75) is 57.7 Å². The van der Waals surface area contributed by atoms with Crippen LogP contribution in [0.3, 0.4) is 0 Å². The molecule has 0 saturated carbocycles. The summed E-state index contributed by atoms with van der Waals surface area (Å²) >= 11 is 0. The number of hydrogen-bond donors (Lipinski definition) is 1. The number of piperidine rings is 1. The smallest absolute Gasteiger partial charge is 0.293 e. The van der Waals surface area contributed by atoms with E-state index in [1.54, 1.807) is 17.0 Å². The molecule has 1 aromatic heterocycles. The number of nitrogens with one attached hydrogen (secondary N) is 1. The third kappa shape index (κ3) is 2.73. The number of hydrogen-bond acceptors (Lipinski definition) is 4. The summed E-state index contributed by atoms with van der Waals surface area (Å²) < 4.78 is 1.75. The maximum atomic E-state index is 12.3. The second-order valence-corrected chi connectivity index (χ2v) is 5.97. The van der Waals surface area contributed by atoms with Crippen LogP contribution in [0, 0.1) is 0 Å². The average Bonchev–Trinajstić information content (AvgIpc) is 2.91. The predicted molar refractivity (Wildman–Crippen MR) is 80.0 cm³/mol. The number of aryl methyl sites for hydroxylation is 1. The fourth-order valence-electron chi connectivity index (χ4n) is 3.51. The van der Waals surface area contributed by atoms with Gasteiger partial charge >= 0.3 is 0 Å². The molecule has 0 radical (unpaired) electrons. The van der Waals surface area contributed by atoms with Crippen molar-refractivity contribution in [1.82, 2.24) is 14.5 Å². The Kier molecular flexibility index (Phi) is 4.05. The molecule has 3 heterocycles. The highest BCUT2D eigenvalue weighted by Gasteiger charge is 2.31. The Morgan fingerprint density at radius 3 is 3.15 bits per heavy atom. The highest BCUT2D eigenvalue weighted by molar-refractivity contribution is 5.32. The van der Waals surface area contributed by atoms with E-state index in [0.29, 0.717) is 17.9 Å². The second-order valence-electron chi connectivity index (χ2n) is 5.97. The fourth-order valence-corrected chi connectivity index (χ4v) is 3.51. The van der Waals surface area contributed by atoms with Gasteiger partial charge in [-0.05, 0) is 38.6 Å². The first-order valence-corrected chi connectivity index (χ1v) is 7.84. The van der Waals surface area contributed by atoms with Crippen LogP contribution in [0.1, 0.15) is 39.0 Å². The molecule has 2 saturated heterocycles. The highest BCUT2D eigenvalue weighted by atomic mass is 16.1. The molecular formula is C15H24N4O. The molecule has 1 N–H and O–H groups in total. The first-order valence-electron chi connectivity index (χ1n) is 7.84. The standard InChI is InChI=1S/C15H24N4O/c1-2-7-19-10-6-16-14(15(19)20)17-12-5-9-18-8-3-4-13(18)11-12/h6,10,12-13H,2-5,7-9,11H2,1H3,(H,16,17). The van der Waals surface area contributed by atoms with Crippen molar-refractivity contribution in [3.05, 3.63) is 22.7 Å². The molecule has 0 spiro atoms. The van der Waals surface area contributed by atoms with E-state index in [1.807, 2.05) is 0 Å². The van der Waals surface area contributed by atoms with Crippen LogP contribution in [0.2, 0.25) is 0 Å². The Labute approximate surface area is 120 Å². The molecule has 0 bridgehead atoms. The van der Waals surface area contributed by atoms with Crippen LogP contribution in [-0.2, 0) is 6.54 Å². The Hall–Kier alpha value is -1.36. The van der Waals surface area contributed by atoms with E-state index in [9.17, 15) is 4.79 Å². The Balaban J connectivity index is 1.68. The van der Waals surface area contributed by atoms with E-state index in [2.05, 4.69) is 22.1 Å². The molecule has 20 heavy (non-hydrogen) atoms. The van der Waals surface area contributed by atoms with Crippen LogP contribution in [-0.4, -0.2) is 39.6 Å². The fraction of sp³-hybridized carbons (Fsp3) is 0.733. The minimum absolute atomic E-state index is 0.0169. The Morgan fingerprint density at radius 1 is 1.40 bits per heavy atom. The molecule has 1 aromatic rings. The van der Waals surface area contributed by atoms with Crippen LogP contribution in [0.15, 0.2) is 17.2 Å². The molecule has 2 aliphatic heterocycles. The van der Waals surface area contributed by atoms with Crippen molar-refractivity contribution in [3.8, 4) is 0 Å². The van der Waals surface area contributed by atoms with Gasteiger partial charge in [-0.15, -0.1) is 0 Å². The number of fused-ring (bicyclic) bond motifs is 1. The first-order chi connectivity index (χ1) is 9.78. The van der Waals surface area contributed by atoms with Crippen molar-refractivity contribution >= 4 is 5.82 Å². The molecule has 5 nitrogen and oxygen atoms in total. The summed E-state index contributed by atoms with van der Waals surface area (Å²) in [4.78, 5) is 19.1. The number of aromatic nitrogens is 2. The lowest BCUT2D eigenvalue weighted by Crippen LogP contribution is -2.43. The second kappa shape index (κ2) is 5.95. The van der Waals surface area contributed by atoms with Gasteiger partial charge in [0.2, 0.25) is 0 Å². The van der Waals surface area contributed by atoms with Crippen LogP contribution >= 0.6 is 0 Å². The van der Waals surface area contributed by atoms with E-state index >= 15 is 0 Å². The van der Waals surface area contributed by atoms with Gasteiger partial charge in [-0.2, -0.15) is 0 Å². The monoisotopic (exact) mass is 276 g/mol. The minimum atomic E-state index is 0.0169. The number of rotatable bonds is 4. The van der Waals surface area contributed by atoms with Crippen LogP contribution in [0.25, 0.3) is 0 Å². The lowest BCUT2D eigenvalue weighted by molar-refractivity contribution is 0.188. The lowest BCUT2D eigenvalue weighted by Gasteiger charge is -2.35. The SMILES string of the molecule is CCCn1ccnc(NC2CCN3CCCC3C2)c1=O. The molecule has 0 aromatic carbocycles. The van der Waals surface area contributed by atoms with Crippen LogP contribution in [0.4, 0.5) is 5.82 Å². The molecule has 2 atom stereocenters.